The first-order valence-electron chi connectivity index (χ1n) is 10.9. The fraction of sp³-hybridized carbons (Fsp3) is 0.154. The van der Waals surface area contributed by atoms with Gasteiger partial charge in [0.15, 0.2) is 0 Å². The Morgan fingerprint density at radius 2 is 1.69 bits per heavy atom. The largest absolute Gasteiger partial charge is 0.318 e. The number of allylic oxidation sites excluding steroid dienone is 2. The minimum absolute atomic E-state index is 0.170. The third-order valence-corrected chi connectivity index (χ3v) is 6.92. The van der Waals surface area contributed by atoms with Gasteiger partial charge in [0.1, 0.15) is 16.6 Å². The summed E-state index contributed by atoms with van der Waals surface area (Å²) in [5, 5.41) is 2.68. The number of para-hydroxylation sites is 1. The van der Waals surface area contributed by atoms with Crippen molar-refractivity contribution in [3.8, 4) is 5.69 Å². The molecule has 4 rings (SSSR count). The van der Waals surface area contributed by atoms with E-state index in [0.717, 1.165) is 22.9 Å². The average Bonchev–Trinajstić information content (AvgIpc) is 3.21. The van der Waals surface area contributed by atoms with Gasteiger partial charge in [0.2, 0.25) is 5.91 Å². The number of nitrogens with one attached hydrogen (secondary N) is 1. The van der Waals surface area contributed by atoms with Crippen LogP contribution in [0.4, 0.5) is 5.69 Å². The van der Waals surface area contributed by atoms with Gasteiger partial charge in [-0.05, 0) is 43.2 Å². The fourth-order valence-corrected chi connectivity index (χ4v) is 5.04. The van der Waals surface area contributed by atoms with Gasteiger partial charge in [0.25, 0.3) is 11.5 Å². The van der Waals surface area contributed by atoms with Gasteiger partial charge in [0, 0.05) is 7.05 Å². The predicted octanol–water partition coefficient (Wildman–Crippen LogP) is 4.27. The van der Waals surface area contributed by atoms with E-state index >= 15 is 0 Å². The van der Waals surface area contributed by atoms with Gasteiger partial charge < -0.3 is 5.32 Å². The summed E-state index contributed by atoms with van der Waals surface area (Å²) in [5.74, 6) is -0.826. The van der Waals surface area contributed by atoms with E-state index < -0.39 is 5.91 Å². The molecule has 3 aromatic rings. The standard InChI is InChI=1S/C26H24N4O3S2/c1-17(14-19-10-6-4-7-11-19)15-21-24(32)29(26(34)35-21)16-22(31)27-23-18(2)28(3)30(25(23)33)20-12-8-5-9-13-20/h4-15H,16H2,1-3H3,(H,27,31). The van der Waals surface area contributed by atoms with Crippen LogP contribution >= 0.6 is 24.0 Å². The third kappa shape index (κ3) is 5.21. The van der Waals surface area contributed by atoms with E-state index in [0.29, 0.717) is 20.6 Å². The Morgan fingerprint density at radius 1 is 1.06 bits per heavy atom. The van der Waals surface area contributed by atoms with Crippen LogP contribution in [-0.2, 0) is 16.6 Å². The summed E-state index contributed by atoms with van der Waals surface area (Å²) >= 11 is 6.52. The lowest BCUT2D eigenvalue weighted by atomic mass is 10.1. The Balaban J connectivity index is 1.49. The van der Waals surface area contributed by atoms with E-state index in [1.807, 2.05) is 73.7 Å². The average molecular weight is 505 g/mol. The number of carbonyl (C=O) groups excluding carboxylic acids is 2. The molecule has 0 bridgehead atoms. The number of amides is 2. The Bertz CT molecular complexity index is 1420. The normalized spacial score (nSPS) is 15.2. The second-order valence-corrected chi connectivity index (χ2v) is 9.73. The van der Waals surface area contributed by atoms with Crippen molar-refractivity contribution in [1.29, 1.82) is 0 Å². The molecule has 1 aliphatic rings. The zero-order chi connectivity index (χ0) is 25.1. The second-order valence-electron chi connectivity index (χ2n) is 8.05. The minimum atomic E-state index is -0.495. The van der Waals surface area contributed by atoms with E-state index in [9.17, 15) is 14.4 Å². The first-order chi connectivity index (χ1) is 16.8. The summed E-state index contributed by atoms with van der Waals surface area (Å²) in [6.07, 6.45) is 3.74. The molecule has 1 saturated heterocycles. The second kappa shape index (κ2) is 10.3. The van der Waals surface area contributed by atoms with Gasteiger partial charge in [-0.3, -0.25) is 24.0 Å². The van der Waals surface area contributed by atoms with Crippen LogP contribution in [0.5, 0.6) is 0 Å². The maximum Gasteiger partial charge on any atom is 0.295 e. The number of hydrogen-bond donors (Lipinski definition) is 1. The predicted molar refractivity (Wildman–Crippen MR) is 144 cm³/mol. The molecule has 0 unspecified atom stereocenters. The molecular formula is C26H24N4O3S2. The Hall–Kier alpha value is -3.69. The Labute approximate surface area is 212 Å². The molecule has 1 aromatic heterocycles. The maximum atomic E-state index is 13.0. The van der Waals surface area contributed by atoms with Crippen molar-refractivity contribution < 1.29 is 9.59 Å². The first-order valence-corrected chi connectivity index (χ1v) is 12.1. The van der Waals surface area contributed by atoms with Crippen LogP contribution in [0.2, 0.25) is 0 Å². The smallest absolute Gasteiger partial charge is 0.295 e. The molecule has 7 nitrogen and oxygen atoms in total. The van der Waals surface area contributed by atoms with Crippen molar-refractivity contribution >= 4 is 51.9 Å². The van der Waals surface area contributed by atoms with Gasteiger partial charge in [-0.1, -0.05) is 78.6 Å². The molecule has 35 heavy (non-hydrogen) atoms. The van der Waals surface area contributed by atoms with Gasteiger partial charge in [-0.15, -0.1) is 0 Å². The summed E-state index contributed by atoms with van der Waals surface area (Å²) in [7, 11) is 1.75. The molecule has 0 saturated carbocycles. The van der Waals surface area contributed by atoms with Crippen LogP contribution in [0, 0.1) is 6.92 Å². The zero-order valence-corrected chi connectivity index (χ0v) is 21.2. The number of thioether (sulfide) groups is 1. The molecule has 2 amide bonds. The van der Waals surface area contributed by atoms with Crippen molar-refractivity contribution in [1.82, 2.24) is 14.3 Å². The van der Waals surface area contributed by atoms with Gasteiger partial charge in [-0.2, -0.15) is 0 Å². The van der Waals surface area contributed by atoms with Crippen LogP contribution in [0.25, 0.3) is 11.8 Å². The van der Waals surface area contributed by atoms with Crippen molar-refractivity contribution in [2.75, 3.05) is 11.9 Å². The highest BCUT2D eigenvalue weighted by Crippen LogP contribution is 2.32. The third-order valence-electron chi connectivity index (χ3n) is 5.55. The minimum Gasteiger partial charge on any atom is -0.318 e. The number of hydrogen-bond acceptors (Lipinski definition) is 5. The summed E-state index contributed by atoms with van der Waals surface area (Å²) in [5.41, 5.74) is 3.02. The van der Waals surface area contributed by atoms with E-state index in [-0.39, 0.29) is 23.7 Å². The van der Waals surface area contributed by atoms with Crippen molar-refractivity contribution in [2.24, 2.45) is 7.05 Å². The number of anilines is 1. The molecule has 178 valence electrons. The SMILES string of the molecule is CC(=Cc1ccccc1)C=C1SC(=S)N(CC(=O)Nc2c(C)n(C)n(-c3ccccc3)c2=O)C1=O. The lowest BCUT2D eigenvalue weighted by Gasteiger charge is -2.13. The molecule has 9 heteroatoms. The quantitative estimate of drug-likeness (QED) is 0.401. The molecular weight excluding hydrogens is 480 g/mol. The van der Waals surface area contributed by atoms with Crippen LogP contribution in [0.15, 0.2) is 82.0 Å². The topological polar surface area (TPSA) is 76.3 Å². The summed E-state index contributed by atoms with van der Waals surface area (Å²) in [6, 6.07) is 18.9. The van der Waals surface area contributed by atoms with Gasteiger partial charge in [0.05, 0.1) is 16.3 Å². The number of aromatic nitrogens is 2. The number of rotatable bonds is 6. The van der Waals surface area contributed by atoms with Crippen LogP contribution < -0.4 is 10.9 Å². The monoisotopic (exact) mass is 504 g/mol. The molecule has 1 fully saturated rings. The molecule has 2 aromatic carbocycles. The van der Waals surface area contributed by atoms with Crippen LogP contribution in [-0.4, -0.2) is 36.9 Å². The Kier molecular flexibility index (Phi) is 7.18. The number of nitrogens with zero attached hydrogens (tertiary/aromatic N) is 3. The molecule has 1 N–H and O–H groups in total. The van der Waals surface area contributed by atoms with Crippen LogP contribution in [0.1, 0.15) is 18.2 Å². The van der Waals surface area contributed by atoms with E-state index in [2.05, 4.69) is 5.32 Å². The maximum absolute atomic E-state index is 13.0. The summed E-state index contributed by atoms with van der Waals surface area (Å²) in [6.45, 7) is 3.38. The van der Waals surface area contributed by atoms with Crippen LogP contribution in [0.3, 0.4) is 0 Å². The van der Waals surface area contributed by atoms with Crippen molar-refractivity contribution in [2.45, 2.75) is 13.8 Å². The zero-order valence-electron chi connectivity index (χ0n) is 19.5. The first kappa shape index (κ1) is 24.4. The van der Waals surface area contributed by atoms with E-state index in [1.54, 1.807) is 24.7 Å². The van der Waals surface area contributed by atoms with Crippen molar-refractivity contribution in [3.63, 3.8) is 0 Å². The van der Waals surface area contributed by atoms with Crippen molar-refractivity contribution in [3.05, 3.63) is 98.8 Å². The van der Waals surface area contributed by atoms with E-state index in [1.165, 1.54) is 9.58 Å². The summed E-state index contributed by atoms with van der Waals surface area (Å²) in [4.78, 5) is 40.5. The number of carbonyl (C=O) groups is 2. The molecule has 0 atom stereocenters. The number of thiocarbonyl (C=S) groups is 1. The molecule has 0 spiro atoms. The summed E-state index contributed by atoms with van der Waals surface area (Å²) < 4.78 is 3.46. The van der Waals surface area contributed by atoms with Gasteiger partial charge in [-0.25, -0.2) is 4.68 Å². The lowest BCUT2D eigenvalue weighted by molar-refractivity contribution is -0.126. The highest BCUT2D eigenvalue weighted by Gasteiger charge is 2.33. The molecule has 0 radical (unpaired) electrons. The highest BCUT2D eigenvalue weighted by molar-refractivity contribution is 8.26. The Morgan fingerprint density at radius 3 is 2.34 bits per heavy atom. The molecule has 2 heterocycles. The van der Waals surface area contributed by atoms with E-state index in [4.69, 9.17) is 12.2 Å². The van der Waals surface area contributed by atoms with Gasteiger partial charge >= 0.3 is 0 Å². The lowest BCUT2D eigenvalue weighted by Crippen LogP contribution is -2.37. The number of benzene rings is 2. The molecule has 0 aliphatic carbocycles. The fourth-order valence-electron chi connectivity index (χ4n) is 3.73. The molecule has 1 aliphatic heterocycles. The highest BCUT2D eigenvalue weighted by atomic mass is 32.2.